The van der Waals surface area contributed by atoms with E-state index in [1.54, 1.807) is 11.3 Å². The third-order valence-corrected chi connectivity index (χ3v) is 6.83. The summed E-state index contributed by atoms with van der Waals surface area (Å²) in [6, 6.07) is 21.7. The maximum absolute atomic E-state index is 12.6. The van der Waals surface area contributed by atoms with Crippen LogP contribution in [0.4, 0.5) is 0 Å². The lowest BCUT2D eigenvalue weighted by Crippen LogP contribution is -2.30. The minimum Gasteiger partial charge on any atom is -0.350 e. The van der Waals surface area contributed by atoms with E-state index in [0.29, 0.717) is 23.1 Å². The second-order valence-electron chi connectivity index (χ2n) is 6.93. The number of thiophene rings is 1. The highest BCUT2D eigenvalue weighted by Crippen LogP contribution is 2.27. The fourth-order valence-electron chi connectivity index (χ4n) is 3.06. The van der Waals surface area contributed by atoms with E-state index in [-0.39, 0.29) is 11.2 Å². The molecule has 4 rings (SSSR count). The van der Waals surface area contributed by atoms with E-state index in [1.807, 2.05) is 71.5 Å². The van der Waals surface area contributed by atoms with Gasteiger partial charge in [0.15, 0.2) is 5.16 Å². The highest BCUT2D eigenvalue weighted by Gasteiger charge is 2.21. The lowest BCUT2D eigenvalue weighted by molar-refractivity contribution is -0.120. The Bertz CT molecular complexity index is 1130. The Labute approximate surface area is 194 Å². The van der Waals surface area contributed by atoms with Gasteiger partial charge in [-0.1, -0.05) is 59.8 Å². The van der Waals surface area contributed by atoms with Crippen molar-refractivity contribution in [1.29, 1.82) is 0 Å². The van der Waals surface area contributed by atoms with E-state index in [1.165, 1.54) is 11.8 Å². The van der Waals surface area contributed by atoms with Gasteiger partial charge in [0, 0.05) is 22.0 Å². The normalized spacial score (nSPS) is 11.9. The number of carbonyl (C=O) groups is 1. The number of thioether (sulfide) groups is 1. The first-order valence-corrected chi connectivity index (χ1v) is 11.9. The maximum Gasteiger partial charge on any atom is 0.233 e. The van der Waals surface area contributed by atoms with Crippen molar-refractivity contribution < 1.29 is 4.79 Å². The molecule has 0 bridgehead atoms. The van der Waals surface area contributed by atoms with Crippen molar-refractivity contribution in [2.75, 3.05) is 0 Å². The molecule has 0 saturated heterocycles. The molecule has 0 radical (unpaired) electrons. The predicted octanol–water partition coefficient (Wildman–Crippen LogP) is 5.37. The molecular weight excluding hydrogens is 448 g/mol. The maximum atomic E-state index is 12.6. The van der Waals surface area contributed by atoms with E-state index >= 15 is 0 Å². The number of amides is 1. The fraction of sp³-hybridized carbons (Fsp3) is 0.174. The summed E-state index contributed by atoms with van der Waals surface area (Å²) in [5, 5.41) is 14.9. The molecule has 31 heavy (non-hydrogen) atoms. The summed E-state index contributed by atoms with van der Waals surface area (Å²) in [6.07, 6.45) is 0.635. The van der Waals surface area contributed by atoms with Crippen LogP contribution < -0.4 is 5.32 Å². The Balaban J connectivity index is 1.56. The summed E-state index contributed by atoms with van der Waals surface area (Å²) in [7, 11) is 0. The van der Waals surface area contributed by atoms with Crippen LogP contribution in [0.5, 0.6) is 0 Å². The summed E-state index contributed by atoms with van der Waals surface area (Å²) < 4.78 is 2.00. The number of nitrogens with one attached hydrogen (secondary N) is 1. The lowest BCUT2D eigenvalue weighted by Gasteiger charge is -2.14. The van der Waals surface area contributed by atoms with E-state index in [9.17, 15) is 4.79 Å². The number of aromatic nitrogens is 3. The Kier molecular flexibility index (Phi) is 7.06. The molecule has 2 aromatic heterocycles. The molecule has 2 aromatic carbocycles. The molecule has 2 heterocycles. The average Bonchev–Trinajstić information content (AvgIpc) is 3.44. The Hall–Kier alpha value is -2.61. The quantitative estimate of drug-likeness (QED) is 0.353. The summed E-state index contributed by atoms with van der Waals surface area (Å²) in [5.74, 6) is 0.774. The number of nitrogens with zero attached hydrogens (tertiary/aromatic N) is 3. The molecule has 0 aliphatic carbocycles. The van der Waals surface area contributed by atoms with Crippen molar-refractivity contribution in [1.82, 2.24) is 20.1 Å². The van der Waals surface area contributed by atoms with Crippen molar-refractivity contribution in [3.8, 4) is 5.69 Å². The molecule has 1 N–H and O–H groups in total. The van der Waals surface area contributed by atoms with Crippen LogP contribution in [0.15, 0.2) is 77.3 Å². The van der Waals surface area contributed by atoms with Crippen LogP contribution in [0.2, 0.25) is 5.02 Å². The van der Waals surface area contributed by atoms with Gasteiger partial charge in [0.1, 0.15) is 5.82 Å². The average molecular weight is 469 g/mol. The van der Waals surface area contributed by atoms with E-state index in [4.69, 9.17) is 11.6 Å². The largest absolute Gasteiger partial charge is 0.350 e. The van der Waals surface area contributed by atoms with Gasteiger partial charge in [0.25, 0.3) is 0 Å². The number of rotatable bonds is 8. The van der Waals surface area contributed by atoms with E-state index in [0.717, 1.165) is 22.0 Å². The van der Waals surface area contributed by atoms with Crippen LogP contribution in [0.1, 0.15) is 23.2 Å². The van der Waals surface area contributed by atoms with Crippen molar-refractivity contribution >= 4 is 40.6 Å². The first-order chi connectivity index (χ1) is 15.1. The zero-order chi connectivity index (χ0) is 21.6. The molecule has 1 amide bonds. The minimum absolute atomic E-state index is 0.0336. The number of carbonyl (C=O) groups excluding carboxylic acids is 1. The molecule has 158 valence electrons. The minimum atomic E-state index is -0.320. The van der Waals surface area contributed by atoms with Crippen molar-refractivity contribution in [3.63, 3.8) is 0 Å². The topological polar surface area (TPSA) is 59.8 Å². The van der Waals surface area contributed by atoms with E-state index < -0.39 is 0 Å². The van der Waals surface area contributed by atoms with Crippen LogP contribution >= 0.6 is 34.7 Å². The van der Waals surface area contributed by atoms with Gasteiger partial charge < -0.3 is 5.32 Å². The van der Waals surface area contributed by atoms with E-state index in [2.05, 4.69) is 27.6 Å². The number of hydrogen-bond acceptors (Lipinski definition) is 5. The van der Waals surface area contributed by atoms with Crippen LogP contribution in [-0.4, -0.2) is 25.9 Å². The molecule has 5 nitrogen and oxygen atoms in total. The van der Waals surface area contributed by atoms with Crippen LogP contribution in [0, 0.1) is 0 Å². The zero-order valence-corrected chi connectivity index (χ0v) is 19.3. The summed E-state index contributed by atoms with van der Waals surface area (Å²) in [5.41, 5.74) is 2.05. The van der Waals surface area contributed by atoms with Gasteiger partial charge in [-0.05, 0) is 48.2 Å². The van der Waals surface area contributed by atoms with Gasteiger partial charge in [-0.25, -0.2) is 0 Å². The van der Waals surface area contributed by atoms with Crippen molar-refractivity contribution in [2.45, 2.75) is 30.3 Å². The van der Waals surface area contributed by atoms with Gasteiger partial charge in [-0.15, -0.1) is 21.5 Å². The molecule has 4 aromatic rings. The summed E-state index contributed by atoms with van der Waals surface area (Å²) in [6.45, 7) is 2.41. The zero-order valence-electron chi connectivity index (χ0n) is 16.9. The van der Waals surface area contributed by atoms with Gasteiger partial charge in [0.2, 0.25) is 5.91 Å². The van der Waals surface area contributed by atoms with Gasteiger partial charge >= 0.3 is 0 Å². The molecular formula is C23H21ClN4OS2. The Morgan fingerprint density at radius 3 is 2.58 bits per heavy atom. The van der Waals surface area contributed by atoms with Crippen molar-refractivity contribution in [2.24, 2.45) is 0 Å². The van der Waals surface area contributed by atoms with Crippen LogP contribution in [0.3, 0.4) is 0 Å². The van der Waals surface area contributed by atoms with Gasteiger partial charge in [0.05, 0.1) is 11.8 Å². The molecule has 8 heteroatoms. The molecule has 0 spiro atoms. The Morgan fingerprint density at radius 2 is 1.87 bits per heavy atom. The molecule has 1 atom stereocenters. The first-order valence-electron chi connectivity index (χ1n) is 9.81. The fourth-order valence-corrected chi connectivity index (χ4v) is 4.74. The second kappa shape index (κ2) is 10.1. The molecule has 0 saturated carbocycles. The smallest absolute Gasteiger partial charge is 0.233 e. The lowest BCUT2D eigenvalue weighted by atomic mass is 10.1. The van der Waals surface area contributed by atoms with Crippen molar-refractivity contribution in [3.05, 3.63) is 93.4 Å². The molecule has 0 aliphatic rings. The highest BCUT2D eigenvalue weighted by molar-refractivity contribution is 8.00. The number of hydrogen-bond donors (Lipinski definition) is 1. The highest BCUT2D eigenvalue weighted by atomic mass is 35.5. The van der Waals surface area contributed by atoms with Gasteiger partial charge in [-0.3, -0.25) is 9.36 Å². The monoisotopic (exact) mass is 468 g/mol. The van der Waals surface area contributed by atoms with Gasteiger partial charge in [-0.2, -0.15) is 0 Å². The third kappa shape index (κ3) is 5.55. The predicted molar refractivity (Wildman–Crippen MR) is 127 cm³/mol. The molecule has 0 fully saturated rings. The van der Waals surface area contributed by atoms with Crippen LogP contribution in [-0.2, 0) is 17.8 Å². The summed E-state index contributed by atoms with van der Waals surface area (Å²) >= 11 is 9.11. The molecule has 1 unspecified atom stereocenters. The first kappa shape index (κ1) is 21.6. The standard InChI is InChI=1S/C23H21ClN4OS2/c1-16(22(29)25-15-20-8-5-13-30-20)31-23-27-26-21(14-17-6-3-2-4-7-17)28(23)19-11-9-18(24)10-12-19/h2-13,16H,14-15H2,1H3,(H,25,29). The summed E-state index contributed by atoms with van der Waals surface area (Å²) in [4.78, 5) is 13.8. The SMILES string of the molecule is CC(Sc1nnc(Cc2ccccc2)n1-c1ccc(Cl)cc1)C(=O)NCc1cccs1. The second-order valence-corrected chi connectivity index (χ2v) is 9.71. The third-order valence-electron chi connectivity index (χ3n) is 4.66. The molecule has 0 aliphatic heterocycles. The number of benzene rings is 2. The van der Waals surface area contributed by atoms with Crippen LogP contribution in [0.25, 0.3) is 5.69 Å². The number of halogens is 1. The Morgan fingerprint density at radius 1 is 1.10 bits per heavy atom.